The first-order chi connectivity index (χ1) is 8.65. The van der Waals surface area contributed by atoms with Gasteiger partial charge in [-0.3, -0.25) is 0 Å². The summed E-state index contributed by atoms with van der Waals surface area (Å²) < 4.78 is 5.44. The molecule has 1 aliphatic heterocycles. The van der Waals surface area contributed by atoms with Gasteiger partial charge in [0.05, 0.1) is 7.11 Å². The first-order valence-electron chi connectivity index (χ1n) is 6.56. The maximum Gasteiger partial charge on any atom is 0.122 e. The predicted octanol–water partition coefficient (Wildman–Crippen LogP) is 3.08. The van der Waals surface area contributed by atoms with Crippen LogP contribution in [-0.2, 0) is 5.54 Å². The van der Waals surface area contributed by atoms with Gasteiger partial charge >= 0.3 is 0 Å². The van der Waals surface area contributed by atoms with Crippen molar-refractivity contribution >= 4 is 10.9 Å². The van der Waals surface area contributed by atoms with Gasteiger partial charge in [-0.25, -0.2) is 0 Å². The van der Waals surface area contributed by atoms with Gasteiger partial charge in [0.2, 0.25) is 0 Å². The monoisotopic (exact) mass is 244 g/mol. The molecule has 1 saturated heterocycles. The number of H-pyrrole nitrogens is 1. The standard InChI is InChI=1S/C15H20N2O/c1-10-13(18-3)6-5-12-14(10)11(9-16-12)15(2)7-4-8-17-15/h5-6,9,16-17H,4,7-8H2,1-3H3. The average Bonchev–Trinajstić information content (AvgIpc) is 2.97. The Balaban J connectivity index is 2.24. The number of hydrogen-bond acceptors (Lipinski definition) is 2. The largest absolute Gasteiger partial charge is 0.496 e. The number of aromatic nitrogens is 1. The van der Waals surface area contributed by atoms with Crippen molar-refractivity contribution in [3.63, 3.8) is 0 Å². The molecular formula is C15H20N2O. The van der Waals surface area contributed by atoms with E-state index in [2.05, 4.69) is 36.4 Å². The molecule has 1 atom stereocenters. The first kappa shape index (κ1) is 11.6. The Morgan fingerprint density at radius 2 is 2.17 bits per heavy atom. The number of hydrogen-bond donors (Lipinski definition) is 2. The lowest BCUT2D eigenvalue weighted by atomic mass is 9.89. The van der Waals surface area contributed by atoms with Crippen LogP contribution in [0.25, 0.3) is 10.9 Å². The van der Waals surface area contributed by atoms with Gasteiger partial charge in [-0.1, -0.05) is 0 Å². The van der Waals surface area contributed by atoms with E-state index in [9.17, 15) is 0 Å². The van der Waals surface area contributed by atoms with Crippen LogP contribution in [0, 0.1) is 6.92 Å². The molecule has 2 aromatic rings. The Hall–Kier alpha value is -1.48. The van der Waals surface area contributed by atoms with E-state index in [1.54, 1.807) is 7.11 Å². The highest BCUT2D eigenvalue weighted by molar-refractivity contribution is 5.89. The van der Waals surface area contributed by atoms with Crippen molar-refractivity contribution in [1.29, 1.82) is 0 Å². The number of rotatable bonds is 2. The molecule has 1 aromatic heterocycles. The molecule has 0 saturated carbocycles. The molecule has 2 heterocycles. The van der Waals surface area contributed by atoms with Crippen molar-refractivity contribution in [3.05, 3.63) is 29.5 Å². The number of benzene rings is 1. The molecule has 0 aliphatic carbocycles. The van der Waals surface area contributed by atoms with Crippen LogP contribution in [0.3, 0.4) is 0 Å². The maximum atomic E-state index is 5.44. The molecule has 96 valence electrons. The van der Waals surface area contributed by atoms with E-state index in [1.165, 1.54) is 34.9 Å². The molecule has 1 unspecified atom stereocenters. The zero-order valence-corrected chi connectivity index (χ0v) is 11.3. The molecule has 1 aromatic carbocycles. The second kappa shape index (κ2) is 4.02. The number of ether oxygens (including phenoxy) is 1. The Morgan fingerprint density at radius 1 is 1.33 bits per heavy atom. The van der Waals surface area contributed by atoms with Crippen LogP contribution in [0.4, 0.5) is 0 Å². The number of aryl methyl sites for hydroxylation is 1. The minimum Gasteiger partial charge on any atom is -0.496 e. The molecule has 3 nitrogen and oxygen atoms in total. The summed E-state index contributed by atoms with van der Waals surface area (Å²) in [5.74, 6) is 0.963. The molecule has 1 aliphatic rings. The van der Waals surface area contributed by atoms with Crippen molar-refractivity contribution in [3.8, 4) is 5.75 Å². The third-order valence-corrected chi connectivity index (χ3v) is 4.24. The quantitative estimate of drug-likeness (QED) is 0.851. The van der Waals surface area contributed by atoms with Crippen LogP contribution in [0.2, 0.25) is 0 Å². The summed E-state index contributed by atoms with van der Waals surface area (Å²) in [5, 5.41) is 4.94. The fraction of sp³-hybridized carbons (Fsp3) is 0.467. The van der Waals surface area contributed by atoms with Gasteiger partial charge in [0.25, 0.3) is 0 Å². The Morgan fingerprint density at radius 3 is 2.83 bits per heavy atom. The second-order valence-corrected chi connectivity index (χ2v) is 5.38. The van der Waals surface area contributed by atoms with Crippen molar-refractivity contribution in [1.82, 2.24) is 10.3 Å². The zero-order chi connectivity index (χ0) is 12.8. The molecule has 0 amide bonds. The van der Waals surface area contributed by atoms with Crippen LogP contribution >= 0.6 is 0 Å². The Bertz CT molecular complexity index is 579. The summed E-state index contributed by atoms with van der Waals surface area (Å²) in [6.45, 7) is 5.53. The lowest BCUT2D eigenvalue weighted by molar-refractivity contribution is 0.412. The summed E-state index contributed by atoms with van der Waals surface area (Å²) in [5.41, 5.74) is 3.88. The third kappa shape index (κ3) is 1.54. The van der Waals surface area contributed by atoms with Crippen LogP contribution in [0.1, 0.15) is 30.9 Å². The molecule has 0 spiro atoms. The van der Waals surface area contributed by atoms with Crippen molar-refractivity contribution in [2.45, 2.75) is 32.2 Å². The van der Waals surface area contributed by atoms with Gasteiger partial charge in [0, 0.05) is 28.2 Å². The molecule has 3 rings (SSSR count). The predicted molar refractivity (Wildman–Crippen MR) is 74.2 cm³/mol. The van der Waals surface area contributed by atoms with E-state index in [-0.39, 0.29) is 5.54 Å². The summed E-state index contributed by atoms with van der Waals surface area (Å²) in [4.78, 5) is 3.39. The number of methoxy groups -OCH3 is 1. The zero-order valence-electron chi connectivity index (χ0n) is 11.3. The topological polar surface area (TPSA) is 37.0 Å². The van der Waals surface area contributed by atoms with E-state index >= 15 is 0 Å². The normalized spacial score (nSPS) is 23.7. The fourth-order valence-corrected chi connectivity index (χ4v) is 3.16. The van der Waals surface area contributed by atoms with Crippen LogP contribution in [-0.4, -0.2) is 18.6 Å². The van der Waals surface area contributed by atoms with E-state index in [4.69, 9.17) is 4.74 Å². The smallest absolute Gasteiger partial charge is 0.122 e. The third-order valence-electron chi connectivity index (χ3n) is 4.24. The number of fused-ring (bicyclic) bond motifs is 1. The van der Waals surface area contributed by atoms with Gasteiger partial charge in [-0.05, 0) is 50.9 Å². The van der Waals surface area contributed by atoms with Crippen LogP contribution in [0.15, 0.2) is 18.3 Å². The summed E-state index contributed by atoms with van der Waals surface area (Å²) in [7, 11) is 1.73. The SMILES string of the molecule is COc1ccc2[nH]cc(C3(C)CCCN3)c2c1C. The fourth-order valence-electron chi connectivity index (χ4n) is 3.16. The van der Waals surface area contributed by atoms with Gasteiger partial charge in [0.15, 0.2) is 0 Å². The van der Waals surface area contributed by atoms with E-state index in [1.807, 2.05) is 6.07 Å². The highest BCUT2D eigenvalue weighted by Gasteiger charge is 2.32. The minimum absolute atomic E-state index is 0.0926. The minimum atomic E-state index is 0.0926. The van der Waals surface area contributed by atoms with Gasteiger partial charge in [0.1, 0.15) is 5.75 Å². The lowest BCUT2D eigenvalue weighted by Crippen LogP contribution is -2.32. The second-order valence-electron chi connectivity index (χ2n) is 5.38. The molecule has 2 N–H and O–H groups in total. The van der Waals surface area contributed by atoms with E-state index in [0.29, 0.717) is 0 Å². The summed E-state index contributed by atoms with van der Waals surface area (Å²) in [6, 6.07) is 4.13. The van der Waals surface area contributed by atoms with E-state index < -0.39 is 0 Å². The van der Waals surface area contributed by atoms with Crippen molar-refractivity contribution in [2.24, 2.45) is 0 Å². The lowest BCUT2D eigenvalue weighted by Gasteiger charge is -2.24. The molecule has 0 bridgehead atoms. The highest BCUT2D eigenvalue weighted by Crippen LogP contribution is 2.38. The summed E-state index contributed by atoms with van der Waals surface area (Å²) >= 11 is 0. The first-order valence-corrected chi connectivity index (χ1v) is 6.56. The van der Waals surface area contributed by atoms with Crippen molar-refractivity contribution in [2.75, 3.05) is 13.7 Å². The van der Waals surface area contributed by atoms with Gasteiger partial charge in [-0.2, -0.15) is 0 Å². The maximum absolute atomic E-state index is 5.44. The van der Waals surface area contributed by atoms with Crippen LogP contribution in [0.5, 0.6) is 5.75 Å². The van der Waals surface area contributed by atoms with Gasteiger partial charge < -0.3 is 15.0 Å². The van der Waals surface area contributed by atoms with Crippen LogP contribution < -0.4 is 10.1 Å². The average molecular weight is 244 g/mol. The summed E-state index contributed by atoms with van der Waals surface area (Å²) in [6.07, 6.45) is 4.58. The molecule has 0 radical (unpaired) electrons. The Kier molecular flexibility index (Phi) is 2.59. The molecule has 18 heavy (non-hydrogen) atoms. The Labute approximate surface area is 108 Å². The highest BCUT2D eigenvalue weighted by atomic mass is 16.5. The van der Waals surface area contributed by atoms with Crippen molar-refractivity contribution < 1.29 is 4.74 Å². The molecule has 3 heteroatoms. The van der Waals surface area contributed by atoms with E-state index in [0.717, 1.165) is 12.3 Å². The molecule has 1 fully saturated rings. The molecular weight excluding hydrogens is 224 g/mol. The number of nitrogens with one attached hydrogen (secondary N) is 2. The van der Waals surface area contributed by atoms with Gasteiger partial charge in [-0.15, -0.1) is 0 Å². The number of aromatic amines is 1.